The second-order valence-corrected chi connectivity index (χ2v) is 3.87. The van der Waals surface area contributed by atoms with Crippen LogP contribution in [-0.2, 0) is 9.63 Å². The fraction of sp³-hybridized carbons (Fsp3) is 0.750. The van der Waals surface area contributed by atoms with Crippen molar-refractivity contribution >= 4 is 11.9 Å². The molecule has 1 rings (SSSR count). The smallest absolute Gasteiger partial charge is 0.241 e. The van der Waals surface area contributed by atoms with Gasteiger partial charge in [0, 0.05) is 5.41 Å². The third kappa shape index (κ3) is 1.92. The molecule has 0 aromatic rings. The summed E-state index contributed by atoms with van der Waals surface area (Å²) in [6, 6.07) is 0. The van der Waals surface area contributed by atoms with Crippen molar-refractivity contribution in [1.82, 2.24) is 0 Å². The van der Waals surface area contributed by atoms with Crippen LogP contribution >= 0.6 is 0 Å². The topological polar surface area (TPSA) is 51.0 Å². The first-order valence-corrected chi connectivity index (χ1v) is 3.84. The van der Waals surface area contributed by atoms with Gasteiger partial charge < -0.3 is 4.84 Å². The molecule has 1 aliphatic heterocycles. The van der Waals surface area contributed by atoms with Gasteiger partial charge in [0.2, 0.25) is 6.08 Å². The van der Waals surface area contributed by atoms with Crippen molar-refractivity contribution in [1.29, 1.82) is 0 Å². The van der Waals surface area contributed by atoms with Gasteiger partial charge in [-0.1, -0.05) is 25.9 Å². The van der Waals surface area contributed by atoms with Gasteiger partial charge in [-0.15, -0.1) is 4.99 Å². The second-order valence-electron chi connectivity index (χ2n) is 3.87. The van der Waals surface area contributed by atoms with E-state index in [2.05, 4.69) is 30.9 Å². The van der Waals surface area contributed by atoms with E-state index in [-0.39, 0.29) is 11.5 Å². The van der Waals surface area contributed by atoms with Crippen molar-refractivity contribution in [3.05, 3.63) is 0 Å². The van der Waals surface area contributed by atoms with Crippen LogP contribution < -0.4 is 0 Å². The fourth-order valence-electron chi connectivity index (χ4n) is 0.948. The Balaban J connectivity index is 2.58. The number of nitrogens with zero attached hydrogens (tertiary/aromatic N) is 2. The van der Waals surface area contributed by atoms with E-state index < -0.39 is 0 Å². The minimum atomic E-state index is 0.0181. The lowest BCUT2D eigenvalue weighted by molar-refractivity contribution is 0.00831. The van der Waals surface area contributed by atoms with Crippen molar-refractivity contribution in [2.75, 3.05) is 0 Å². The summed E-state index contributed by atoms with van der Waals surface area (Å²) in [4.78, 5) is 18.4. The van der Waals surface area contributed by atoms with E-state index in [4.69, 9.17) is 4.84 Å². The van der Waals surface area contributed by atoms with Gasteiger partial charge in [0.25, 0.3) is 0 Å². The molecule has 1 unspecified atom stereocenters. The molecule has 0 spiro atoms. The summed E-state index contributed by atoms with van der Waals surface area (Å²) in [5.41, 5.74) is 0.0314. The zero-order valence-corrected chi connectivity index (χ0v) is 7.50. The highest BCUT2D eigenvalue weighted by Crippen LogP contribution is 2.28. The zero-order valence-electron chi connectivity index (χ0n) is 7.50. The molecule has 1 aliphatic rings. The van der Waals surface area contributed by atoms with Crippen molar-refractivity contribution in [3.8, 4) is 0 Å². The monoisotopic (exact) mass is 168 g/mol. The Kier molecular flexibility index (Phi) is 2.29. The van der Waals surface area contributed by atoms with E-state index in [1.807, 2.05) is 0 Å². The number of amidine groups is 1. The van der Waals surface area contributed by atoms with Crippen LogP contribution in [0.4, 0.5) is 0 Å². The number of aliphatic imine (C=N–C) groups is 1. The van der Waals surface area contributed by atoms with Gasteiger partial charge in [-0.05, 0) is 0 Å². The number of isocyanates is 1. The summed E-state index contributed by atoms with van der Waals surface area (Å²) in [5, 5.41) is 3.66. The predicted molar refractivity (Wildman–Crippen MR) is 44.5 cm³/mol. The van der Waals surface area contributed by atoms with Crippen LogP contribution in [0.1, 0.15) is 27.2 Å². The van der Waals surface area contributed by atoms with Crippen molar-refractivity contribution in [2.45, 2.75) is 33.3 Å². The number of oxime groups is 1. The van der Waals surface area contributed by atoms with Crippen LogP contribution in [0.5, 0.6) is 0 Å². The van der Waals surface area contributed by atoms with Crippen molar-refractivity contribution in [2.24, 2.45) is 15.6 Å². The van der Waals surface area contributed by atoms with E-state index in [1.54, 1.807) is 0 Å². The Morgan fingerprint density at radius 2 is 2.33 bits per heavy atom. The Hall–Kier alpha value is -1.15. The summed E-state index contributed by atoms with van der Waals surface area (Å²) in [6.07, 6.45) is 2.06. The summed E-state index contributed by atoms with van der Waals surface area (Å²) in [7, 11) is 0. The van der Waals surface area contributed by atoms with Gasteiger partial charge in [-0.25, -0.2) is 4.79 Å². The van der Waals surface area contributed by atoms with Crippen molar-refractivity contribution in [3.63, 3.8) is 0 Å². The number of rotatable bonds is 0. The molecule has 12 heavy (non-hydrogen) atoms. The number of carbonyl (C=O) groups excluding carboxylic acids is 1. The molecule has 0 amide bonds. The molecule has 0 radical (unpaired) electrons. The minimum absolute atomic E-state index is 0.0181. The average molecular weight is 168 g/mol. The maximum Gasteiger partial charge on any atom is 0.241 e. The highest BCUT2D eigenvalue weighted by atomic mass is 16.6. The minimum Gasteiger partial charge on any atom is -0.390 e. The average Bonchev–Trinajstić information content (AvgIpc) is 2.35. The molecule has 0 aromatic carbocycles. The molecular weight excluding hydrogens is 156 g/mol. The fourth-order valence-corrected chi connectivity index (χ4v) is 0.948. The molecule has 4 nitrogen and oxygen atoms in total. The molecular formula is C8H12N2O2. The van der Waals surface area contributed by atoms with E-state index in [1.165, 1.54) is 6.08 Å². The van der Waals surface area contributed by atoms with Crippen LogP contribution in [0.15, 0.2) is 10.1 Å². The van der Waals surface area contributed by atoms with Crippen molar-refractivity contribution < 1.29 is 9.63 Å². The highest BCUT2D eigenvalue weighted by Gasteiger charge is 2.32. The normalized spacial score (nSPS) is 22.6. The van der Waals surface area contributed by atoms with Gasteiger partial charge in [0.1, 0.15) is 6.10 Å². The van der Waals surface area contributed by atoms with Crippen LogP contribution in [0.3, 0.4) is 0 Å². The summed E-state index contributed by atoms with van der Waals surface area (Å²) in [5.74, 6) is 0.435. The molecule has 0 saturated heterocycles. The molecule has 0 fully saturated rings. The zero-order chi connectivity index (χ0) is 9.19. The maximum atomic E-state index is 9.89. The Bertz CT molecular complexity index is 246. The molecule has 4 heteroatoms. The van der Waals surface area contributed by atoms with Gasteiger partial charge in [-0.2, -0.15) is 0 Å². The van der Waals surface area contributed by atoms with Crippen LogP contribution in [0.25, 0.3) is 0 Å². The maximum absolute atomic E-state index is 9.89. The first-order chi connectivity index (χ1) is 5.54. The Morgan fingerprint density at radius 3 is 2.75 bits per heavy atom. The van der Waals surface area contributed by atoms with Gasteiger partial charge >= 0.3 is 0 Å². The lowest BCUT2D eigenvalue weighted by Gasteiger charge is -2.23. The van der Waals surface area contributed by atoms with Crippen LogP contribution in [-0.4, -0.2) is 18.0 Å². The van der Waals surface area contributed by atoms with Gasteiger partial charge in [0.05, 0.1) is 6.42 Å². The lowest BCUT2D eigenvalue weighted by atomic mass is 9.87. The molecule has 1 heterocycles. The van der Waals surface area contributed by atoms with Gasteiger partial charge in [0.15, 0.2) is 5.84 Å². The molecule has 0 saturated carbocycles. The SMILES string of the molecule is CC(C)(C)C1CC(N=C=O)=NO1. The van der Waals surface area contributed by atoms with E-state index in [9.17, 15) is 4.79 Å². The molecule has 0 aliphatic carbocycles. The molecule has 0 aromatic heterocycles. The van der Waals surface area contributed by atoms with Gasteiger partial charge in [-0.3, -0.25) is 0 Å². The molecule has 0 N–H and O–H groups in total. The Morgan fingerprint density at radius 1 is 1.67 bits per heavy atom. The van der Waals surface area contributed by atoms with Crippen LogP contribution in [0.2, 0.25) is 0 Å². The number of hydrogen-bond donors (Lipinski definition) is 0. The predicted octanol–water partition coefficient (Wildman–Crippen LogP) is 1.47. The van der Waals surface area contributed by atoms with E-state index in [0.29, 0.717) is 12.3 Å². The Labute approximate surface area is 71.3 Å². The quantitative estimate of drug-likeness (QED) is 0.406. The summed E-state index contributed by atoms with van der Waals surface area (Å²) >= 11 is 0. The molecule has 0 bridgehead atoms. The van der Waals surface area contributed by atoms with E-state index in [0.717, 1.165) is 0 Å². The second kappa shape index (κ2) is 3.07. The first kappa shape index (κ1) is 8.94. The lowest BCUT2D eigenvalue weighted by Crippen LogP contribution is -2.25. The standard InChI is InChI=1S/C8H12N2O2/c1-8(2,3)6-4-7(9-5-11)10-12-6/h6H,4H2,1-3H3. The van der Waals surface area contributed by atoms with E-state index >= 15 is 0 Å². The number of hydrogen-bond acceptors (Lipinski definition) is 4. The van der Waals surface area contributed by atoms with Crippen LogP contribution in [0, 0.1) is 5.41 Å². The molecule has 66 valence electrons. The molecule has 1 atom stereocenters. The third-order valence-corrected chi connectivity index (χ3v) is 1.79. The summed E-state index contributed by atoms with van der Waals surface area (Å²) in [6.45, 7) is 6.17. The third-order valence-electron chi connectivity index (χ3n) is 1.79. The highest BCUT2D eigenvalue weighted by molar-refractivity contribution is 5.87. The summed E-state index contributed by atoms with van der Waals surface area (Å²) < 4.78 is 0. The first-order valence-electron chi connectivity index (χ1n) is 3.84. The largest absolute Gasteiger partial charge is 0.390 e.